The van der Waals surface area contributed by atoms with Gasteiger partial charge in [0.1, 0.15) is 18.2 Å². The minimum absolute atomic E-state index is 0.0133. The molecule has 0 radical (unpaired) electrons. The Balaban J connectivity index is 2.83. The van der Waals surface area contributed by atoms with Crippen molar-refractivity contribution in [2.24, 2.45) is 0 Å². The third kappa shape index (κ3) is 0.900. The van der Waals surface area contributed by atoms with Crippen LogP contribution < -0.4 is 5.73 Å². The Bertz CT molecular complexity index is 413. The first-order valence-corrected chi connectivity index (χ1v) is 3.73. The number of anilines is 1. The molecule has 5 nitrogen and oxygen atoms in total. The number of nitrogen functional groups attached to an aromatic ring is 1. The Hall–Kier alpha value is -1.37. The zero-order valence-electron chi connectivity index (χ0n) is 5.81. The minimum Gasteiger partial charge on any atom is -0.382 e. The maximum absolute atomic E-state index is 12.2. The molecule has 0 aliphatic heterocycles. The summed E-state index contributed by atoms with van der Waals surface area (Å²) in [6.45, 7) is 0. The molecule has 0 atom stereocenters. The molecule has 2 rings (SSSR count). The zero-order valence-corrected chi connectivity index (χ0v) is 6.62. The van der Waals surface area contributed by atoms with Crippen molar-refractivity contribution in [3.05, 3.63) is 12.7 Å². The number of rotatable bonds is 1. The first-order valence-electron chi connectivity index (χ1n) is 3.05. The van der Waals surface area contributed by atoms with Gasteiger partial charge in [0.05, 0.1) is 0 Å². The van der Waals surface area contributed by atoms with E-state index in [-0.39, 0.29) is 18.2 Å². The van der Waals surface area contributed by atoms with Crippen molar-refractivity contribution in [3.8, 4) is 0 Å². The van der Waals surface area contributed by atoms with Gasteiger partial charge in [-0.15, -0.1) is 3.89 Å². The highest BCUT2D eigenvalue weighted by atomic mass is 32.2. The van der Waals surface area contributed by atoms with Crippen molar-refractivity contribution in [3.63, 3.8) is 0 Å². The third-order valence-electron chi connectivity index (χ3n) is 1.41. The molecule has 0 saturated carbocycles. The van der Waals surface area contributed by atoms with E-state index in [1.807, 2.05) is 0 Å². The molecule has 0 aromatic carbocycles. The van der Waals surface area contributed by atoms with Gasteiger partial charge in [-0.3, -0.25) is 0 Å². The van der Waals surface area contributed by atoms with Gasteiger partial charge in [-0.2, -0.15) is 0 Å². The van der Waals surface area contributed by atoms with Crippen molar-refractivity contribution in [2.75, 3.05) is 5.73 Å². The van der Waals surface area contributed by atoms with Crippen molar-refractivity contribution in [2.45, 2.75) is 0 Å². The van der Waals surface area contributed by atoms with Gasteiger partial charge >= 0.3 is 0 Å². The molecule has 62 valence electrons. The fraction of sp³-hybridized carbons (Fsp3) is 0. The minimum atomic E-state index is 0.0133. The summed E-state index contributed by atoms with van der Waals surface area (Å²) in [5.41, 5.74) is 6.29. The molecule has 0 aliphatic carbocycles. The van der Waals surface area contributed by atoms with Crippen LogP contribution in [0.2, 0.25) is 0 Å². The first kappa shape index (κ1) is 7.29. The third-order valence-corrected chi connectivity index (χ3v) is 1.84. The van der Waals surface area contributed by atoms with Crippen LogP contribution in [0.25, 0.3) is 11.2 Å². The van der Waals surface area contributed by atoms with E-state index < -0.39 is 0 Å². The lowest BCUT2D eigenvalue weighted by atomic mass is 10.5. The lowest BCUT2D eigenvalue weighted by Gasteiger charge is -1.95. The molecule has 2 aromatic rings. The van der Waals surface area contributed by atoms with Crippen LogP contribution in [-0.4, -0.2) is 18.9 Å². The van der Waals surface area contributed by atoms with Gasteiger partial charge in [0.2, 0.25) is 0 Å². The lowest BCUT2D eigenvalue weighted by Crippen LogP contribution is -1.94. The molecule has 7 heteroatoms. The number of aromatic nitrogens is 4. The molecule has 0 amide bonds. The van der Waals surface area contributed by atoms with Gasteiger partial charge in [0.25, 0.3) is 0 Å². The second-order valence-corrected chi connectivity index (χ2v) is 2.60. The van der Waals surface area contributed by atoms with Gasteiger partial charge < -0.3 is 5.73 Å². The fourth-order valence-electron chi connectivity index (χ4n) is 0.906. The van der Waals surface area contributed by atoms with Gasteiger partial charge in [0.15, 0.2) is 23.8 Å². The highest BCUT2D eigenvalue weighted by molar-refractivity contribution is 7.92. The van der Waals surface area contributed by atoms with Crippen LogP contribution in [0.3, 0.4) is 0 Å². The molecule has 0 unspecified atom stereocenters. The number of hydrogen-bond donors (Lipinski definition) is 1. The van der Waals surface area contributed by atoms with E-state index in [1.54, 1.807) is 0 Å². The normalized spacial score (nSPS) is 10.8. The topological polar surface area (TPSA) is 69.6 Å². The molecule has 12 heavy (non-hydrogen) atoms. The summed E-state index contributed by atoms with van der Waals surface area (Å²) in [7, 11) is 0. The van der Waals surface area contributed by atoms with Crippen molar-refractivity contribution in [1.29, 1.82) is 0 Å². The molecule has 2 aromatic heterocycles. The summed E-state index contributed by atoms with van der Waals surface area (Å²) in [5.74, 6) is 0.225. The molecular formula is C5H4FN5S. The number of nitrogens with zero attached hydrogens (tertiary/aromatic N) is 4. The van der Waals surface area contributed by atoms with Crippen molar-refractivity contribution < 1.29 is 3.89 Å². The second-order valence-electron chi connectivity index (χ2n) is 2.07. The quantitative estimate of drug-likeness (QED) is 0.711. The van der Waals surface area contributed by atoms with Gasteiger partial charge in [0, 0.05) is 0 Å². The van der Waals surface area contributed by atoms with E-state index in [0.29, 0.717) is 11.2 Å². The molecule has 0 spiro atoms. The monoisotopic (exact) mass is 185 g/mol. The number of imidazole rings is 1. The molecule has 0 bridgehead atoms. The van der Waals surface area contributed by atoms with E-state index in [2.05, 4.69) is 15.0 Å². The number of nitrogens with two attached hydrogens (primary N) is 1. The van der Waals surface area contributed by atoms with Crippen LogP contribution in [0, 0.1) is 0 Å². The molecule has 0 aliphatic rings. The Morgan fingerprint density at radius 2 is 2.25 bits per heavy atom. The number of fused-ring (bicyclic) bond motifs is 1. The lowest BCUT2D eigenvalue weighted by molar-refractivity contribution is 0.919. The van der Waals surface area contributed by atoms with E-state index >= 15 is 0 Å². The SMILES string of the molecule is Nc1ncnc2ncn(SF)c12. The van der Waals surface area contributed by atoms with Gasteiger partial charge in [-0.05, 0) is 0 Å². The second kappa shape index (κ2) is 2.59. The fourth-order valence-corrected chi connectivity index (χ4v) is 1.23. The molecular weight excluding hydrogens is 181 g/mol. The average Bonchev–Trinajstić information content (AvgIpc) is 2.49. The van der Waals surface area contributed by atoms with E-state index in [4.69, 9.17) is 5.73 Å². The van der Waals surface area contributed by atoms with Crippen molar-refractivity contribution >= 4 is 29.3 Å². The Kier molecular flexibility index (Phi) is 1.58. The van der Waals surface area contributed by atoms with Gasteiger partial charge in [-0.25, -0.2) is 18.9 Å². The maximum atomic E-state index is 12.2. The van der Waals surface area contributed by atoms with E-state index in [9.17, 15) is 3.89 Å². The standard InChI is InChI=1S/C5H4FN5S/c6-12-11-2-10-5-3(11)4(7)8-1-9-5/h1-2H,(H2,7,8,9). The summed E-state index contributed by atoms with van der Waals surface area (Å²) >= 11 is 0.0133. The van der Waals surface area contributed by atoms with Crippen molar-refractivity contribution in [1.82, 2.24) is 18.9 Å². The highest BCUT2D eigenvalue weighted by Crippen LogP contribution is 2.20. The molecule has 2 heterocycles. The smallest absolute Gasteiger partial charge is 0.183 e. The summed E-state index contributed by atoms with van der Waals surface area (Å²) in [4.78, 5) is 11.3. The highest BCUT2D eigenvalue weighted by Gasteiger charge is 2.07. The largest absolute Gasteiger partial charge is 0.382 e. The first-order chi connectivity index (χ1) is 5.83. The number of hydrogen-bond acceptors (Lipinski definition) is 5. The molecule has 0 saturated heterocycles. The summed E-state index contributed by atoms with van der Waals surface area (Å²) < 4.78 is 13.4. The van der Waals surface area contributed by atoms with Crippen LogP contribution in [0.1, 0.15) is 0 Å². The molecule has 2 N–H and O–H groups in total. The predicted molar refractivity (Wildman–Crippen MR) is 43.8 cm³/mol. The maximum Gasteiger partial charge on any atom is 0.183 e. The average molecular weight is 185 g/mol. The Morgan fingerprint density at radius 3 is 3.00 bits per heavy atom. The Labute approximate surface area is 71.3 Å². The van der Waals surface area contributed by atoms with E-state index in [0.717, 1.165) is 0 Å². The summed E-state index contributed by atoms with van der Waals surface area (Å²) in [6.07, 6.45) is 2.60. The Morgan fingerprint density at radius 1 is 1.42 bits per heavy atom. The summed E-state index contributed by atoms with van der Waals surface area (Å²) in [5, 5.41) is 0. The zero-order chi connectivity index (χ0) is 8.55. The van der Waals surface area contributed by atoms with E-state index in [1.165, 1.54) is 16.6 Å². The predicted octanol–water partition coefficient (Wildman–Crippen LogP) is 0.789. The van der Waals surface area contributed by atoms with Crippen LogP contribution >= 0.6 is 12.3 Å². The summed E-state index contributed by atoms with van der Waals surface area (Å²) in [6, 6.07) is 0. The number of halogens is 1. The van der Waals surface area contributed by atoms with Crippen LogP contribution in [0.5, 0.6) is 0 Å². The van der Waals surface area contributed by atoms with Crippen LogP contribution in [0.15, 0.2) is 12.7 Å². The molecule has 0 fully saturated rings. The van der Waals surface area contributed by atoms with Gasteiger partial charge in [-0.1, -0.05) is 0 Å². The van der Waals surface area contributed by atoms with Crippen LogP contribution in [0.4, 0.5) is 9.70 Å². The van der Waals surface area contributed by atoms with Crippen LogP contribution in [-0.2, 0) is 0 Å².